The first-order chi connectivity index (χ1) is 11.0. The Balaban J connectivity index is 2.41. The number of methoxy groups -OCH3 is 1. The zero-order valence-corrected chi connectivity index (χ0v) is 13.9. The van der Waals surface area contributed by atoms with Gasteiger partial charge in [0.15, 0.2) is 0 Å². The van der Waals surface area contributed by atoms with E-state index in [9.17, 15) is 13.2 Å². The fraction of sp³-hybridized carbons (Fsp3) is 0.357. The smallest absolute Gasteiger partial charge is 0.346 e. The number of amides is 1. The predicted molar refractivity (Wildman–Crippen MR) is 82.2 cm³/mol. The van der Waals surface area contributed by atoms with Crippen molar-refractivity contribution in [1.82, 2.24) is 19.7 Å². The first-order valence-corrected chi connectivity index (χ1v) is 8.53. The number of hydrogen-bond acceptors (Lipinski definition) is 6. The molecule has 9 heteroatoms. The third-order valence-electron chi connectivity index (χ3n) is 3.30. The number of nitrogens with zero attached hydrogens (tertiary/aromatic N) is 4. The Kier molecular flexibility index (Phi) is 4.99. The van der Waals surface area contributed by atoms with Crippen molar-refractivity contribution in [2.75, 3.05) is 20.2 Å². The molecular formula is C14H18N4O4S. The minimum Gasteiger partial charge on any atom is -0.495 e. The van der Waals surface area contributed by atoms with Gasteiger partial charge in [-0.1, -0.05) is 12.1 Å². The quantitative estimate of drug-likeness (QED) is 0.818. The summed E-state index contributed by atoms with van der Waals surface area (Å²) in [5.74, 6) is 0.193. The molecule has 0 radical (unpaired) electrons. The van der Waals surface area contributed by atoms with Crippen molar-refractivity contribution in [3.05, 3.63) is 30.6 Å². The summed E-state index contributed by atoms with van der Waals surface area (Å²) in [6.45, 7) is 4.63. The minimum absolute atomic E-state index is 0.0458. The molecule has 0 aliphatic heterocycles. The maximum atomic E-state index is 12.6. The molecule has 0 saturated heterocycles. The molecular weight excluding hydrogens is 320 g/mol. The zero-order valence-electron chi connectivity index (χ0n) is 13.1. The van der Waals surface area contributed by atoms with Crippen molar-refractivity contribution in [3.8, 4) is 5.75 Å². The monoisotopic (exact) mass is 338 g/mol. The van der Waals surface area contributed by atoms with Crippen LogP contribution in [0.4, 0.5) is 4.79 Å². The molecule has 124 valence electrons. The van der Waals surface area contributed by atoms with E-state index in [4.69, 9.17) is 4.74 Å². The molecule has 0 bridgehead atoms. The largest absolute Gasteiger partial charge is 0.495 e. The molecule has 0 spiro atoms. The number of benzene rings is 1. The Labute approximate surface area is 134 Å². The normalized spacial score (nSPS) is 11.3. The van der Waals surface area contributed by atoms with Gasteiger partial charge in [-0.15, -0.1) is 5.10 Å². The molecule has 0 N–H and O–H groups in total. The highest BCUT2D eigenvalue weighted by molar-refractivity contribution is 7.91. The van der Waals surface area contributed by atoms with Gasteiger partial charge in [0, 0.05) is 13.1 Å². The van der Waals surface area contributed by atoms with E-state index in [2.05, 4.69) is 10.1 Å². The van der Waals surface area contributed by atoms with Gasteiger partial charge in [-0.05, 0) is 26.0 Å². The lowest BCUT2D eigenvalue weighted by Gasteiger charge is -2.17. The summed E-state index contributed by atoms with van der Waals surface area (Å²) < 4.78 is 31.2. The van der Waals surface area contributed by atoms with Crippen LogP contribution in [0.1, 0.15) is 13.8 Å². The predicted octanol–water partition coefficient (Wildman–Crippen LogP) is 1.43. The fourth-order valence-electron chi connectivity index (χ4n) is 2.04. The fourth-order valence-corrected chi connectivity index (χ4v) is 3.29. The molecule has 0 aliphatic rings. The Morgan fingerprint density at radius 1 is 1.26 bits per heavy atom. The Hall–Kier alpha value is -2.42. The average molecular weight is 338 g/mol. The average Bonchev–Trinajstić information content (AvgIpc) is 3.06. The third kappa shape index (κ3) is 3.19. The highest BCUT2D eigenvalue weighted by Gasteiger charge is 2.27. The van der Waals surface area contributed by atoms with Crippen molar-refractivity contribution in [1.29, 1.82) is 0 Å². The maximum absolute atomic E-state index is 12.6. The second-order valence-electron chi connectivity index (χ2n) is 4.58. The molecule has 2 rings (SSSR count). The summed E-state index contributed by atoms with van der Waals surface area (Å²) in [6.07, 6.45) is 1.10. The number of aromatic nitrogens is 3. The van der Waals surface area contributed by atoms with E-state index >= 15 is 0 Å². The molecule has 1 amide bonds. The number of rotatable bonds is 5. The van der Waals surface area contributed by atoms with Gasteiger partial charge in [-0.25, -0.2) is 18.2 Å². The van der Waals surface area contributed by atoms with Gasteiger partial charge in [0.25, 0.3) is 5.16 Å². The van der Waals surface area contributed by atoms with E-state index in [1.54, 1.807) is 12.1 Å². The van der Waals surface area contributed by atoms with Crippen LogP contribution in [0.5, 0.6) is 5.75 Å². The lowest BCUT2D eigenvalue weighted by Crippen LogP contribution is -2.34. The summed E-state index contributed by atoms with van der Waals surface area (Å²) in [6, 6.07) is 5.75. The van der Waals surface area contributed by atoms with Gasteiger partial charge in [0.05, 0.1) is 7.11 Å². The molecule has 2 aromatic rings. The van der Waals surface area contributed by atoms with Crippen LogP contribution in [0.15, 0.2) is 40.6 Å². The topological polar surface area (TPSA) is 94.4 Å². The molecule has 0 unspecified atom stereocenters. The summed E-state index contributed by atoms with van der Waals surface area (Å²) >= 11 is 0. The van der Waals surface area contributed by atoms with Crippen LogP contribution in [0, 0.1) is 0 Å². The molecule has 0 fully saturated rings. The summed E-state index contributed by atoms with van der Waals surface area (Å²) in [5, 5.41) is 3.38. The van der Waals surface area contributed by atoms with Crippen LogP contribution >= 0.6 is 0 Å². The molecule has 0 aliphatic carbocycles. The highest BCUT2D eigenvalue weighted by atomic mass is 32.2. The highest BCUT2D eigenvalue weighted by Crippen LogP contribution is 2.27. The van der Waals surface area contributed by atoms with Crippen molar-refractivity contribution < 1.29 is 17.9 Å². The minimum atomic E-state index is -3.97. The van der Waals surface area contributed by atoms with Crippen molar-refractivity contribution in [2.24, 2.45) is 0 Å². The Bertz CT molecular complexity index is 797. The summed E-state index contributed by atoms with van der Waals surface area (Å²) in [4.78, 5) is 17.4. The number of ether oxygens (including phenoxy) is 1. The van der Waals surface area contributed by atoms with Gasteiger partial charge in [0.2, 0.25) is 9.84 Å². The van der Waals surface area contributed by atoms with Crippen LogP contribution < -0.4 is 4.74 Å². The summed E-state index contributed by atoms with van der Waals surface area (Å²) in [7, 11) is -2.59. The molecule has 0 saturated carbocycles. The number of carbonyl (C=O) groups excluding carboxylic acids is 1. The van der Waals surface area contributed by atoms with Gasteiger partial charge >= 0.3 is 6.03 Å². The zero-order chi connectivity index (χ0) is 17.0. The second kappa shape index (κ2) is 6.78. The molecule has 8 nitrogen and oxygen atoms in total. The Morgan fingerprint density at radius 2 is 1.91 bits per heavy atom. The summed E-state index contributed by atoms with van der Waals surface area (Å²) in [5.41, 5.74) is 0. The first-order valence-electron chi connectivity index (χ1n) is 7.04. The van der Waals surface area contributed by atoms with Gasteiger partial charge in [-0.3, -0.25) is 0 Å². The van der Waals surface area contributed by atoms with E-state index in [1.165, 1.54) is 24.1 Å². The van der Waals surface area contributed by atoms with Crippen molar-refractivity contribution in [3.63, 3.8) is 0 Å². The van der Waals surface area contributed by atoms with Gasteiger partial charge in [0.1, 0.15) is 17.0 Å². The second-order valence-corrected chi connectivity index (χ2v) is 6.39. The molecule has 1 aromatic heterocycles. The third-order valence-corrected chi connectivity index (χ3v) is 4.88. The SMILES string of the molecule is CCN(CC)C(=O)n1cnc(S(=O)(=O)c2ccccc2OC)n1. The lowest BCUT2D eigenvalue weighted by molar-refractivity contribution is 0.201. The van der Waals surface area contributed by atoms with Crippen LogP contribution in [0.2, 0.25) is 0 Å². The van der Waals surface area contributed by atoms with Crippen LogP contribution in [0.3, 0.4) is 0 Å². The van der Waals surface area contributed by atoms with Gasteiger partial charge < -0.3 is 9.64 Å². The number of carbonyl (C=O) groups is 1. The van der Waals surface area contributed by atoms with Crippen LogP contribution in [-0.4, -0.2) is 54.3 Å². The first kappa shape index (κ1) is 16.9. The van der Waals surface area contributed by atoms with Gasteiger partial charge in [-0.2, -0.15) is 4.68 Å². The number of hydrogen-bond donors (Lipinski definition) is 0. The molecule has 1 heterocycles. The van der Waals surface area contributed by atoms with Crippen LogP contribution in [-0.2, 0) is 9.84 Å². The molecule has 1 aromatic carbocycles. The number of sulfone groups is 1. The van der Waals surface area contributed by atoms with Crippen molar-refractivity contribution in [2.45, 2.75) is 23.9 Å². The van der Waals surface area contributed by atoms with Crippen LogP contribution in [0.25, 0.3) is 0 Å². The molecule has 23 heavy (non-hydrogen) atoms. The van der Waals surface area contributed by atoms with E-state index in [-0.39, 0.29) is 10.6 Å². The number of para-hydroxylation sites is 1. The maximum Gasteiger partial charge on any atom is 0.346 e. The molecule has 0 atom stereocenters. The van der Waals surface area contributed by atoms with E-state index in [0.29, 0.717) is 13.1 Å². The van der Waals surface area contributed by atoms with E-state index in [0.717, 1.165) is 11.0 Å². The van der Waals surface area contributed by atoms with E-state index in [1.807, 2.05) is 13.8 Å². The standard InChI is InChI=1S/C14H18N4O4S/c1-4-17(5-2)14(19)18-10-15-13(16-18)23(20,21)12-9-7-6-8-11(12)22-3/h6-10H,4-5H2,1-3H3. The lowest BCUT2D eigenvalue weighted by atomic mass is 10.3. The Morgan fingerprint density at radius 3 is 2.52 bits per heavy atom. The van der Waals surface area contributed by atoms with E-state index < -0.39 is 21.0 Å². The van der Waals surface area contributed by atoms with Crippen molar-refractivity contribution >= 4 is 15.9 Å².